The van der Waals surface area contributed by atoms with Gasteiger partial charge < -0.3 is 5.32 Å². The van der Waals surface area contributed by atoms with Crippen molar-refractivity contribution in [2.45, 2.75) is 19.5 Å². The first-order valence-corrected chi connectivity index (χ1v) is 8.95. The summed E-state index contributed by atoms with van der Waals surface area (Å²) in [7, 11) is 0. The number of benzene rings is 2. The summed E-state index contributed by atoms with van der Waals surface area (Å²) in [5.41, 5.74) is 3.22. The van der Waals surface area contributed by atoms with Crippen molar-refractivity contribution >= 4 is 34.5 Å². The summed E-state index contributed by atoms with van der Waals surface area (Å²) < 4.78 is 0. The summed E-state index contributed by atoms with van der Waals surface area (Å²) in [6.45, 7) is 2.78. The fourth-order valence-electron chi connectivity index (χ4n) is 2.32. The highest BCUT2D eigenvalue weighted by molar-refractivity contribution is 7.13. The Bertz CT molecular complexity index is 787. The molecule has 5 heteroatoms. The predicted octanol–water partition coefficient (Wildman–Crippen LogP) is 5.97. The third kappa shape index (κ3) is 4.12. The molecule has 0 radical (unpaired) electrons. The van der Waals surface area contributed by atoms with Crippen LogP contribution >= 0.6 is 34.5 Å². The lowest BCUT2D eigenvalue weighted by molar-refractivity contribution is 0.569. The lowest BCUT2D eigenvalue weighted by atomic mass is 10.1. The standard InChI is InChI=1S/C18H16Cl2N2S/c1-12(16-8-7-14(19)9-17(16)20)21-10-15-11-23-18(22-15)13-5-3-2-4-6-13/h2-9,11-12,21H,10H2,1H3/t12-/m1/s1. The molecule has 1 heterocycles. The first-order chi connectivity index (χ1) is 11.1. The Balaban J connectivity index is 1.65. The maximum Gasteiger partial charge on any atom is 0.123 e. The van der Waals surface area contributed by atoms with Gasteiger partial charge in [0, 0.05) is 33.6 Å². The normalized spacial score (nSPS) is 12.3. The van der Waals surface area contributed by atoms with Gasteiger partial charge in [-0.1, -0.05) is 59.6 Å². The molecule has 0 saturated carbocycles. The second kappa shape index (κ2) is 7.45. The molecule has 1 atom stereocenters. The lowest BCUT2D eigenvalue weighted by Crippen LogP contribution is -2.18. The lowest BCUT2D eigenvalue weighted by Gasteiger charge is -2.15. The van der Waals surface area contributed by atoms with E-state index < -0.39 is 0 Å². The van der Waals surface area contributed by atoms with Gasteiger partial charge >= 0.3 is 0 Å². The van der Waals surface area contributed by atoms with Crippen molar-refractivity contribution in [3.63, 3.8) is 0 Å². The van der Waals surface area contributed by atoms with E-state index in [-0.39, 0.29) is 6.04 Å². The van der Waals surface area contributed by atoms with Gasteiger partial charge in [0.2, 0.25) is 0 Å². The van der Waals surface area contributed by atoms with Crippen LogP contribution in [0, 0.1) is 0 Å². The largest absolute Gasteiger partial charge is 0.304 e. The van der Waals surface area contributed by atoms with Crippen LogP contribution < -0.4 is 5.32 Å². The van der Waals surface area contributed by atoms with Crippen molar-refractivity contribution in [2.24, 2.45) is 0 Å². The van der Waals surface area contributed by atoms with Crippen molar-refractivity contribution < 1.29 is 0 Å². The van der Waals surface area contributed by atoms with Crippen LogP contribution in [0.25, 0.3) is 10.6 Å². The van der Waals surface area contributed by atoms with Gasteiger partial charge in [0.15, 0.2) is 0 Å². The van der Waals surface area contributed by atoms with E-state index in [2.05, 4.69) is 34.7 Å². The molecule has 1 aromatic heterocycles. The third-order valence-electron chi connectivity index (χ3n) is 3.59. The van der Waals surface area contributed by atoms with E-state index >= 15 is 0 Å². The molecule has 0 unspecified atom stereocenters. The SMILES string of the molecule is C[C@@H](NCc1csc(-c2ccccc2)n1)c1ccc(Cl)cc1Cl. The van der Waals surface area contributed by atoms with Crippen LogP contribution in [0.1, 0.15) is 24.2 Å². The van der Waals surface area contributed by atoms with Gasteiger partial charge in [0.1, 0.15) is 5.01 Å². The summed E-state index contributed by atoms with van der Waals surface area (Å²) in [4.78, 5) is 4.68. The Labute approximate surface area is 150 Å². The molecular weight excluding hydrogens is 347 g/mol. The number of nitrogens with zero attached hydrogens (tertiary/aromatic N) is 1. The summed E-state index contributed by atoms with van der Waals surface area (Å²) in [6.07, 6.45) is 0. The Morgan fingerprint density at radius 1 is 1.13 bits per heavy atom. The Morgan fingerprint density at radius 3 is 2.65 bits per heavy atom. The number of thiazole rings is 1. The van der Waals surface area contributed by atoms with Crippen molar-refractivity contribution in [1.82, 2.24) is 10.3 Å². The van der Waals surface area contributed by atoms with E-state index in [9.17, 15) is 0 Å². The average Bonchev–Trinajstić information content (AvgIpc) is 3.02. The third-order valence-corrected chi connectivity index (χ3v) is 5.09. The Morgan fingerprint density at radius 2 is 1.91 bits per heavy atom. The first kappa shape index (κ1) is 16.5. The molecule has 0 saturated heterocycles. The van der Waals surface area contributed by atoms with Gasteiger partial charge in [-0.25, -0.2) is 4.98 Å². The minimum atomic E-state index is 0.127. The van der Waals surface area contributed by atoms with Crippen molar-refractivity contribution in [1.29, 1.82) is 0 Å². The molecule has 0 fully saturated rings. The maximum absolute atomic E-state index is 6.25. The number of aromatic nitrogens is 1. The molecule has 0 aliphatic carbocycles. The summed E-state index contributed by atoms with van der Waals surface area (Å²) >= 11 is 13.9. The van der Waals surface area contributed by atoms with Gasteiger partial charge in [-0.3, -0.25) is 0 Å². The molecule has 3 aromatic rings. The van der Waals surface area contributed by atoms with Crippen LogP contribution in [0.5, 0.6) is 0 Å². The topological polar surface area (TPSA) is 24.9 Å². The summed E-state index contributed by atoms with van der Waals surface area (Å²) in [6, 6.07) is 15.9. The highest BCUT2D eigenvalue weighted by atomic mass is 35.5. The first-order valence-electron chi connectivity index (χ1n) is 7.31. The summed E-state index contributed by atoms with van der Waals surface area (Å²) in [5, 5.41) is 7.92. The highest BCUT2D eigenvalue weighted by Crippen LogP contribution is 2.27. The monoisotopic (exact) mass is 362 g/mol. The van der Waals surface area contributed by atoms with Gasteiger partial charge in [-0.15, -0.1) is 11.3 Å². The van der Waals surface area contributed by atoms with Crippen LogP contribution in [0.15, 0.2) is 53.9 Å². The van der Waals surface area contributed by atoms with Crippen LogP contribution in [0.4, 0.5) is 0 Å². The zero-order valence-corrected chi connectivity index (χ0v) is 14.9. The average molecular weight is 363 g/mol. The van der Waals surface area contributed by atoms with Crippen molar-refractivity contribution in [3.05, 3.63) is 75.2 Å². The molecular formula is C18H16Cl2N2S. The van der Waals surface area contributed by atoms with E-state index in [4.69, 9.17) is 23.2 Å². The quantitative estimate of drug-likeness (QED) is 0.604. The van der Waals surface area contributed by atoms with E-state index in [1.165, 1.54) is 0 Å². The van der Waals surface area contributed by atoms with Gasteiger partial charge in [0.25, 0.3) is 0 Å². The number of rotatable bonds is 5. The van der Waals surface area contributed by atoms with E-state index in [1.807, 2.05) is 30.3 Å². The molecule has 118 valence electrons. The van der Waals surface area contributed by atoms with Crippen LogP contribution in [0.3, 0.4) is 0 Å². The van der Waals surface area contributed by atoms with Crippen molar-refractivity contribution in [3.8, 4) is 10.6 Å². The van der Waals surface area contributed by atoms with Crippen molar-refractivity contribution in [2.75, 3.05) is 0 Å². The molecule has 3 rings (SSSR count). The molecule has 1 N–H and O–H groups in total. The molecule has 0 aliphatic rings. The zero-order chi connectivity index (χ0) is 16.2. The van der Waals surface area contributed by atoms with Gasteiger partial charge in [-0.2, -0.15) is 0 Å². The molecule has 23 heavy (non-hydrogen) atoms. The fourth-order valence-corrected chi connectivity index (χ4v) is 3.72. The second-order valence-corrected chi connectivity index (χ2v) is 6.98. The number of hydrogen-bond acceptors (Lipinski definition) is 3. The second-order valence-electron chi connectivity index (χ2n) is 5.28. The van der Waals surface area contributed by atoms with Crippen LogP contribution in [0.2, 0.25) is 10.0 Å². The van der Waals surface area contributed by atoms with E-state index in [0.717, 1.165) is 21.8 Å². The smallest absolute Gasteiger partial charge is 0.123 e. The number of hydrogen-bond donors (Lipinski definition) is 1. The van der Waals surface area contributed by atoms with Crippen LogP contribution in [-0.4, -0.2) is 4.98 Å². The minimum Gasteiger partial charge on any atom is -0.304 e. The molecule has 0 aliphatic heterocycles. The molecule has 0 bridgehead atoms. The van der Waals surface area contributed by atoms with E-state index in [1.54, 1.807) is 17.4 Å². The Kier molecular flexibility index (Phi) is 5.34. The van der Waals surface area contributed by atoms with Crippen LogP contribution in [-0.2, 0) is 6.54 Å². The molecule has 0 amide bonds. The van der Waals surface area contributed by atoms with Gasteiger partial charge in [-0.05, 0) is 24.6 Å². The summed E-state index contributed by atoms with van der Waals surface area (Å²) in [5.74, 6) is 0. The predicted molar refractivity (Wildman–Crippen MR) is 99.3 cm³/mol. The maximum atomic E-state index is 6.25. The molecule has 0 spiro atoms. The Hall–Kier alpha value is -1.39. The molecule has 2 aromatic carbocycles. The number of nitrogens with one attached hydrogen (secondary N) is 1. The minimum absolute atomic E-state index is 0.127. The van der Waals surface area contributed by atoms with Gasteiger partial charge in [0.05, 0.1) is 5.69 Å². The number of halogens is 2. The van der Waals surface area contributed by atoms with E-state index in [0.29, 0.717) is 16.6 Å². The fraction of sp³-hybridized carbons (Fsp3) is 0.167. The molecule has 2 nitrogen and oxygen atoms in total. The highest BCUT2D eigenvalue weighted by Gasteiger charge is 2.11. The zero-order valence-electron chi connectivity index (χ0n) is 12.6.